The minimum atomic E-state index is -0.705. The maximum Gasteiger partial charge on any atom is 0.293 e. The topological polar surface area (TPSA) is 95.5 Å². The summed E-state index contributed by atoms with van der Waals surface area (Å²) in [6, 6.07) is 9.96. The summed E-state index contributed by atoms with van der Waals surface area (Å²) >= 11 is 0. The molecule has 8 nitrogen and oxygen atoms in total. The minimum Gasteiger partial charge on any atom is -0.495 e. The number of ether oxygens (including phenoxy) is 2. The largest absolute Gasteiger partial charge is 0.495 e. The van der Waals surface area contributed by atoms with Crippen molar-refractivity contribution in [3.05, 3.63) is 66.0 Å². The molecule has 3 rings (SSSR count). The Hall–Kier alpha value is -3.59. The number of hydrogen-bond donors (Lipinski definition) is 1. The molecule has 0 aliphatic carbocycles. The van der Waals surface area contributed by atoms with Crippen molar-refractivity contribution in [2.75, 3.05) is 13.7 Å². The van der Waals surface area contributed by atoms with Gasteiger partial charge in [0.2, 0.25) is 11.8 Å². The zero-order valence-corrected chi connectivity index (χ0v) is 15.9. The Morgan fingerprint density at radius 2 is 2.03 bits per heavy atom. The third-order valence-electron chi connectivity index (χ3n) is 3.82. The van der Waals surface area contributed by atoms with Crippen molar-refractivity contribution in [3.8, 4) is 22.9 Å². The number of carbonyl (C=O) groups is 1. The molecule has 1 N–H and O–H groups in total. The van der Waals surface area contributed by atoms with Gasteiger partial charge in [-0.25, -0.2) is 20.4 Å². The van der Waals surface area contributed by atoms with Crippen LogP contribution in [0.25, 0.3) is 11.3 Å². The van der Waals surface area contributed by atoms with Gasteiger partial charge in [0.25, 0.3) is 5.91 Å². The summed E-state index contributed by atoms with van der Waals surface area (Å²) in [5.41, 5.74) is 3.83. The normalized spacial score (nSPS) is 10.4. The molecule has 0 bridgehead atoms. The van der Waals surface area contributed by atoms with Crippen molar-refractivity contribution in [2.24, 2.45) is 0 Å². The van der Waals surface area contributed by atoms with Gasteiger partial charge in [-0.1, -0.05) is 6.07 Å². The molecule has 0 atom stereocenters. The molecule has 3 aromatic heterocycles. The minimum absolute atomic E-state index is 0.139. The van der Waals surface area contributed by atoms with Crippen LogP contribution in [0.1, 0.15) is 23.0 Å². The molecule has 1 amide bonds. The van der Waals surface area contributed by atoms with Gasteiger partial charge >= 0.3 is 0 Å². The number of nitrogens with zero attached hydrogens (tertiary/aromatic N) is 3. The summed E-state index contributed by atoms with van der Waals surface area (Å²) in [5, 5.41) is 0. The van der Waals surface area contributed by atoms with E-state index in [0.717, 1.165) is 5.56 Å². The summed E-state index contributed by atoms with van der Waals surface area (Å²) in [5.74, 6) is -0.377. The zero-order chi connectivity index (χ0) is 20.6. The standard InChI is InChI=1S/C20H19FN4O4/c1-3-28-18-8-7-13(10-22-18)16-5-4-6-17(24-16)20(26)25-29-12-14-9-15(27-2)11-23-19(14)21/h4-11H,3,12H2,1-2H3,(H,25,26). The van der Waals surface area contributed by atoms with Crippen molar-refractivity contribution in [1.82, 2.24) is 20.4 Å². The highest BCUT2D eigenvalue weighted by Crippen LogP contribution is 2.19. The Bertz CT molecular complexity index is 982. The molecule has 0 saturated carbocycles. The Labute approximate surface area is 166 Å². The van der Waals surface area contributed by atoms with Crippen LogP contribution in [0.2, 0.25) is 0 Å². The first-order valence-corrected chi connectivity index (χ1v) is 8.77. The fraction of sp³-hybridized carbons (Fsp3) is 0.200. The van der Waals surface area contributed by atoms with Crippen LogP contribution < -0.4 is 15.0 Å². The van der Waals surface area contributed by atoms with Crippen LogP contribution >= 0.6 is 0 Å². The van der Waals surface area contributed by atoms with Gasteiger partial charge in [0.1, 0.15) is 18.1 Å². The lowest BCUT2D eigenvalue weighted by atomic mass is 10.2. The van der Waals surface area contributed by atoms with E-state index in [1.807, 2.05) is 6.92 Å². The highest BCUT2D eigenvalue weighted by Gasteiger charge is 2.11. The van der Waals surface area contributed by atoms with Gasteiger partial charge < -0.3 is 9.47 Å². The van der Waals surface area contributed by atoms with Crippen molar-refractivity contribution in [2.45, 2.75) is 13.5 Å². The summed E-state index contributed by atoms with van der Waals surface area (Å²) in [6.07, 6.45) is 2.87. The van der Waals surface area contributed by atoms with Gasteiger partial charge in [-0.15, -0.1) is 0 Å². The number of hydrogen-bond acceptors (Lipinski definition) is 7. The summed E-state index contributed by atoms with van der Waals surface area (Å²) in [4.78, 5) is 29.5. The Kier molecular flexibility index (Phi) is 6.64. The van der Waals surface area contributed by atoms with E-state index >= 15 is 0 Å². The number of methoxy groups -OCH3 is 1. The number of amides is 1. The first-order chi connectivity index (χ1) is 14.1. The first kappa shape index (κ1) is 20.2. The average molecular weight is 398 g/mol. The molecule has 0 fully saturated rings. The molecule has 0 unspecified atom stereocenters. The smallest absolute Gasteiger partial charge is 0.293 e. The second-order valence-corrected chi connectivity index (χ2v) is 5.77. The number of nitrogens with one attached hydrogen (secondary N) is 1. The number of rotatable bonds is 8. The number of halogens is 1. The van der Waals surface area contributed by atoms with Crippen LogP contribution in [0.5, 0.6) is 11.6 Å². The second-order valence-electron chi connectivity index (χ2n) is 5.77. The first-order valence-electron chi connectivity index (χ1n) is 8.77. The summed E-state index contributed by atoms with van der Waals surface area (Å²) in [7, 11) is 1.44. The molecule has 0 radical (unpaired) electrons. The third-order valence-corrected chi connectivity index (χ3v) is 3.82. The number of carbonyl (C=O) groups excluding carboxylic acids is 1. The molecule has 3 aromatic rings. The lowest BCUT2D eigenvalue weighted by Gasteiger charge is -2.08. The van der Waals surface area contributed by atoms with Gasteiger partial charge in [-0.2, -0.15) is 4.39 Å². The van der Waals surface area contributed by atoms with Crippen LogP contribution in [-0.4, -0.2) is 34.6 Å². The van der Waals surface area contributed by atoms with E-state index in [2.05, 4.69) is 20.4 Å². The third kappa shape index (κ3) is 5.23. The molecule has 0 spiro atoms. The van der Waals surface area contributed by atoms with E-state index in [-0.39, 0.29) is 17.9 Å². The summed E-state index contributed by atoms with van der Waals surface area (Å²) < 4.78 is 24.0. The number of hydroxylamine groups is 1. The van der Waals surface area contributed by atoms with Gasteiger partial charge in [-0.3, -0.25) is 9.63 Å². The Morgan fingerprint density at radius 1 is 1.17 bits per heavy atom. The van der Waals surface area contributed by atoms with Gasteiger partial charge in [0, 0.05) is 23.4 Å². The van der Waals surface area contributed by atoms with Gasteiger partial charge in [-0.05, 0) is 31.2 Å². The molecular weight excluding hydrogens is 379 g/mol. The molecule has 150 valence electrons. The van der Waals surface area contributed by atoms with Crippen LogP contribution in [0, 0.1) is 5.95 Å². The molecule has 29 heavy (non-hydrogen) atoms. The number of pyridine rings is 3. The predicted molar refractivity (Wildman–Crippen MR) is 102 cm³/mol. The lowest BCUT2D eigenvalue weighted by Crippen LogP contribution is -2.24. The second kappa shape index (κ2) is 9.56. The molecule has 0 aromatic carbocycles. The molecule has 0 aliphatic rings. The molecule has 3 heterocycles. The molecule has 9 heteroatoms. The Morgan fingerprint density at radius 3 is 2.76 bits per heavy atom. The number of aromatic nitrogens is 3. The van der Waals surface area contributed by atoms with Crippen LogP contribution in [0.15, 0.2) is 48.8 Å². The summed E-state index contributed by atoms with van der Waals surface area (Å²) in [6.45, 7) is 2.18. The van der Waals surface area contributed by atoms with E-state index in [4.69, 9.17) is 14.3 Å². The van der Waals surface area contributed by atoms with Crippen molar-refractivity contribution in [3.63, 3.8) is 0 Å². The highest BCUT2D eigenvalue weighted by molar-refractivity contribution is 5.92. The van der Waals surface area contributed by atoms with E-state index < -0.39 is 11.9 Å². The highest BCUT2D eigenvalue weighted by atomic mass is 19.1. The lowest BCUT2D eigenvalue weighted by molar-refractivity contribution is 0.0217. The SMILES string of the molecule is CCOc1ccc(-c2cccc(C(=O)NOCc3cc(OC)cnc3F)n2)cn1. The van der Waals surface area contributed by atoms with Crippen molar-refractivity contribution in [1.29, 1.82) is 0 Å². The van der Waals surface area contributed by atoms with Crippen LogP contribution in [0.3, 0.4) is 0 Å². The van der Waals surface area contributed by atoms with Gasteiger partial charge in [0.05, 0.1) is 25.6 Å². The van der Waals surface area contributed by atoms with E-state index in [9.17, 15) is 9.18 Å². The fourth-order valence-corrected chi connectivity index (χ4v) is 2.40. The Balaban J connectivity index is 1.63. The maximum absolute atomic E-state index is 13.7. The molecule has 0 aliphatic heterocycles. The van der Waals surface area contributed by atoms with E-state index in [1.165, 1.54) is 25.4 Å². The van der Waals surface area contributed by atoms with Crippen LogP contribution in [-0.2, 0) is 11.4 Å². The van der Waals surface area contributed by atoms with Crippen molar-refractivity contribution < 1.29 is 23.5 Å². The van der Waals surface area contributed by atoms with E-state index in [1.54, 1.807) is 30.5 Å². The van der Waals surface area contributed by atoms with E-state index in [0.29, 0.717) is 23.9 Å². The fourth-order valence-electron chi connectivity index (χ4n) is 2.40. The molecule has 0 saturated heterocycles. The zero-order valence-electron chi connectivity index (χ0n) is 15.9. The predicted octanol–water partition coefficient (Wildman–Crippen LogP) is 2.95. The van der Waals surface area contributed by atoms with Crippen LogP contribution in [0.4, 0.5) is 4.39 Å². The average Bonchev–Trinajstić information content (AvgIpc) is 2.76. The maximum atomic E-state index is 13.7. The van der Waals surface area contributed by atoms with Gasteiger partial charge in [0.15, 0.2) is 0 Å². The quantitative estimate of drug-likeness (QED) is 0.460. The molecular formula is C20H19FN4O4. The van der Waals surface area contributed by atoms with Crippen molar-refractivity contribution >= 4 is 5.91 Å². The monoisotopic (exact) mass is 398 g/mol.